The fourth-order valence-corrected chi connectivity index (χ4v) is 12.9. The number of benzene rings is 3. The van der Waals surface area contributed by atoms with Gasteiger partial charge in [0.05, 0.1) is 56.7 Å². The molecule has 5 heterocycles. The lowest BCUT2D eigenvalue weighted by Crippen LogP contribution is -2.48. The van der Waals surface area contributed by atoms with Crippen molar-refractivity contribution in [1.29, 1.82) is 10.5 Å². The molecule has 14 heteroatoms. The minimum absolute atomic E-state index is 0.0411. The van der Waals surface area contributed by atoms with Gasteiger partial charge in [0.15, 0.2) is 11.6 Å². The van der Waals surface area contributed by atoms with Gasteiger partial charge in [-0.05, 0) is 134 Å². The Morgan fingerprint density at radius 2 is 1.24 bits per heavy atom. The zero-order valence-corrected chi connectivity index (χ0v) is 41.4. The summed E-state index contributed by atoms with van der Waals surface area (Å²) in [5.74, 6) is -2.15. The van der Waals surface area contributed by atoms with Crippen molar-refractivity contribution in [2.24, 2.45) is 23.7 Å². The Morgan fingerprint density at radius 3 is 1.84 bits per heavy atom. The van der Waals surface area contributed by atoms with E-state index in [0.29, 0.717) is 41.9 Å². The van der Waals surface area contributed by atoms with Crippen molar-refractivity contribution in [2.45, 2.75) is 70.4 Å². The van der Waals surface area contributed by atoms with Gasteiger partial charge in [-0.1, -0.05) is 57.2 Å². The molecule has 4 aliphatic carbocycles. The van der Waals surface area contributed by atoms with Crippen molar-refractivity contribution in [1.82, 2.24) is 39.7 Å². The van der Waals surface area contributed by atoms with Crippen LogP contribution in [0.1, 0.15) is 67.5 Å². The van der Waals surface area contributed by atoms with E-state index in [0.717, 1.165) is 68.3 Å². The van der Waals surface area contributed by atoms with Crippen LogP contribution in [0.5, 0.6) is 0 Å². The van der Waals surface area contributed by atoms with Gasteiger partial charge in [0, 0.05) is 81.2 Å². The second kappa shape index (κ2) is 18.3. The Labute approximate surface area is 431 Å². The monoisotopic (exact) mass is 990 g/mol. The number of hydrogen-bond acceptors (Lipinski definition) is 10. The molecular weight excluding hydrogens is 943 g/mol. The van der Waals surface area contributed by atoms with Crippen LogP contribution in [-0.2, 0) is 46.4 Å². The molecule has 75 heavy (non-hydrogen) atoms. The fourth-order valence-electron chi connectivity index (χ4n) is 12.9. The lowest BCUT2D eigenvalue weighted by Gasteiger charge is -2.46. The van der Waals surface area contributed by atoms with Crippen LogP contribution in [0.15, 0.2) is 151 Å². The third-order valence-electron chi connectivity index (χ3n) is 16.4. The Kier molecular flexibility index (Phi) is 11.5. The summed E-state index contributed by atoms with van der Waals surface area (Å²) in [6, 6.07) is 37.6. The van der Waals surface area contributed by atoms with Gasteiger partial charge < -0.3 is 0 Å². The number of carbonyl (C=O) groups excluding carboxylic acids is 2. The number of ketones is 2. The number of allylic oxidation sites excluding steroid dienone is 4. The number of pyridine rings is 2. The fraction of sp³-hybridized carbons (Fsp3) is 0.246. The summed E-state index contributed by atoms with van der Waals surface area (Å²) in [4.78, 5) is 37.1. The van der Waals surface area contributed by atoms with E-state index in [2.05, 4.69) is 41.2 Å². The van der Waals surface area contributed by atoms with Crippen LogP contribution in [0.4, 0.5) is 8.78 Å². The molecule has 0 N–H and O–H groups in total. The van der Waals surface area contributed by atoms with E-state index in [-0.39, 0.29) is 58.4 Å². The first-order chi connectivity index (χ1) is 36.4. The maximum absolute atomic E-state index is 14.9. The zero-order chi connectivity index (χ0) is 51.8. The summed E-state index contributed by atoms with van der Waals surface area (Å²) in [5.41, 5.74) is 10.9. The number of alkyl halides is 1. The first-order valence-electron chi connectivity index (χ1n) is 25.2. The van der Waals surface area contributed by atoms with Crippen LogP contribution < -0.4 is 0 Å². The Balaban J connectivity index is 0.913. The van der Waals surface area contributed by atoms with E-state index < -0.39 is 23.4 Å². The summed E-state index contributed by atoms with van der Waals surface area (Å²) in [6.45, 7) is 5.26. The molecule has 6 atom stereocenters. The highest BCUT2D eigenvalue weighted by atomic mass is 19.1. The van der Waals surface area contributed by atoms with Gasteiger partial charge >= 0.3 is 0 Å². The van der Waals surface area contributed by atoms with Crippen molar-refractivity contribution < 1.29 is 18.4 Å². The maximum atomic E-state index is 14.9. The second-order valence-electron chi connectivity index (χ2n) is 20.6. The minimum atomic E-state index is -0.876. The van der Waals surface area contributed by atoms with E-state index in [1.165, 1.54) is 12.1 Å². The predicted octanol–water partition coefficient (Wildman–Crippen LogP) is 11.1. The predicted molar refractivity (Wildman–Crippen MR) is 277 cm³/mol. The van der Waals surface area contributed by atoms with Gasteiger partial charge in [-0.15, -0.1) is 0 Å². The first-order valence-corrected chi connectivity index (χ1v) is 25.2. The lowest BCUT2D eigenvalue weighted by atomic mass is 9.56. The highest BCUT2D eigenvalue weighted by molar-refractivity contribution is 6.03. The summed E-state index contributed by atoms with van der Waals surface area (Å²) in [5, 5.41) is 39.5. The number of Topliss-reactive ketones (excluding diaryl/α,β-unsaturated/α-hetero) is 2. The molecule has 0 fully saturated rings. The highest BCUT2D eigenvalue weighted by Gasteiger charge is 2.53. The van der Waals surface area contributed by atoms with E-state index in [4.69, 9.17) is 15.2 Å². The van der Waals surface area contributed by atoms with Gasteiger partial charge in [-0.2, -0.15) is 30.9 Å². The number of nitrogens with zero attached hydrogens (tertiary/aromatic N) is 10. The molecule has 12 rings (SSSR count). The number of rotatable bonds is 9. The largest absolute Gasteiger partial charge is 0.293 e. The van der Waals surface area contributed by atoms with E-state index in [9.17, 15) is 28.9 Å². The number of halogens is 2. The molecule has 0 saturated carbocycles. The van der Waals surface area contributed by atoms with E-state index in [1.807, 2.05) is 101 Å². The number of nitriles is 2. The normalized spacial score (nSPS) is 22.7. The number of fused-ring (bicyclic) bond motifs is 6. The minimum Gasteiger partial charge on any atom is -0.293 e. The topological polar surface area (TPSA) is 169 Å². The average molecular weight is 991 g/mol. The van der Waals surface area contributed by atoms with Gasteiger partial charge in [-0.3, -0.25) is 19.6 Å². The average Bonchev–Trinajstić information content (AvgIpc) is 4.12. The molecule has 0 bridgehead atoms. The van der Waals surface area contributed by atoms with Gasteiger partial charge in [0.25, 0.3) is 0 Å². The van der Waals surface area contributed by atoms with Crippen LogP contribution in [0.3, 0.4) is 0 Å². The molecule has 368 valence electrons. The first kappa shape index (κ1) is 47.1. The van der Waals surface area contributed by atoms with Crippen LogP contribution in [0.2, 0.25) is 0 Å². The number of hydrogen-bond donors (Lipinski definition) is 0. The second-order valence-corrected chi connectivity index (χ2v) is 20.6. The molecule has 0 saturated heterocycles. The van der Waals surface area contributed by atoms with Crippen LogP contribution in [0.25, 0.3) is 56.3 Å². The summed E-state index contributed by atoms with van der Waals surface area (Å²) < 4.78 is 33.1. The zero-order valence-electron chi connectivity index (χ0n) is 41.4. The van der Waals surface area contributed by atoms with Crippen molar-refractivity contribution in [3.05, 3.63) is 191 Å². The van der Waals surface area contributed by atoms with E-state index >= 15 is 0 Å². The van der Waals surface area contributed by atoms with Gasteiger partial charge in [0.2, 0.25) is 0 Å². The Bertz CT molecular complexity index is 3760. The van der Waals surface area contributed by atoms with Crippen molar-refractivity contribution >= 4 is 11.6 Å². The smallest absolute Gasteiger partial charge is 0.176 e. The molecule has 0 spiro atoms. The molecule has 0 amide bonds. The Hall–Kier alpha value is -8.88. The molecule has 0 aliphatic heterocycles. The molecule has 4 aliphatic rings. The Morgan fingerprint density at radius 1 is 0.667 bits per heavy atom. The highest BCUT2D eigenvalue weighted by Crippen LogP contribution is 2.54. The lowest BCUT2D eigenvalue weighted by molar-refractivity contribution is -0.122. The molecule has 0 unspecified atom stereocenters. The maximum Gasteiger partial charge on any atom is 0.176 e. The number of carbonyl (C=O) groups is 2. The van der Waals surface area contributed by atoms with Crippen molar-refractivity contribution in [3.63, 3.8) is 0 Å². The molecule has 8 aromatic rings. The van der Waals surface area contributed by atoms with Gasteiger partial charge in [0.1, 0.15) is 24.6 Å². The standard InChI is InChI=1S/C61H48F2N10O2/c1-35-51-22-20-49-55(39-6-4-24-66-34-39)71-72(58(49)60(51,2)29-41(32-64)56(35)74)46-16-10-36(11-17-46)40-26-44(68-45(27-40)31-62)28-50-52-23-21-48-54(38-8-14-43(63)15-9-38)70-73(59(48)61(52,3)30-42(33-65)57(50)75)47-18-12-37(13-19-47)53-7-5-25-67-69-53/h4-19,24-27,29-30,34-35,50-52H,20-23,28,31H2,1-3H3/t35-,50-,51-,52-,60-,61-/m1/s1. The summed E-state index contributed by atoms with van der Waals surface area (Å²) in [6.07, 6.45) is 11.6. The third-order valence-corrected chi connectivity index (χ3v) is 16.4. The van der Waals surface area contributed by atoms with Crippen molar-refractivity contribution in [3.8, 4) is 68.4 Å². The molecule has 3 aromatic carbocycles. The molecular formula is C61H48F2N10O2. The van der Waals surface area contributed by atoms with Crippen LogP contribution in [0, 0.1) is 52.2 Å². The van der Waals surface area contributed by atoms with Gasteiger partial charge in [-0.25, -0.2) is 18.1 Å². The summed E-state index contributed by atoms with van der Waals surface area (Å²) in [7, 11) is 0. The number of aromatic nitrogens is 8. The van der Waals surface area contributed by atoms with E-state index in [1.54, 1.807) is 42.9 Å². The van der Waals surface area contributed by atoms with Crippen molar-refractivity contribution in [2.75, 3.05) is 0 Å². The van der Waals surface area contributed by atoms with Crippen LogP contribution in [-0.4, -0.2) is 51.3 Å². The van der Waals surface area contributed by atoms with Crippen LogP contribution >= 0.6 is 0 Å². The summed E-state index contributed by atoms with van der Waals surface area (Å²) >= 11 is 0. The quantitative estimate of drug-likeness (QED) is 0.136. The third kappa shape index (κ3) is 7.74. The SMILES string of the molecule is C[C@H]1C(=O)C(C#N)=C[C@@]2(C)c3c(c(-c4cccnc4)nn3-c3ccc(-c4cc(CF)nc(C[C@H]5C(=O)C(C#N)=C[C@@]6(C)c7c(c(-c8ccc(F)cc8)nn7-c7ccc(-c8cccnn8)cc7)CC[C@H]56)c4)cc3)CC[C@H]12. The molecule has 5 aromatic heterocycles. The molecule has 12 nitrogen and oxygen atoms in total. The molecule has 0 radical (unpaired) electrons.